The van der Waals surface area contributed by atoms with E-state index < -0.39 is 0 Å². The van der Waals surface area contributed by atoms with Crippen LogP contribution in [0.5, 0.6) is 0 Å². The molecule has 0 radical (unpaired) electrons. The number of aryl methyl sites for hydroxylation is 2. The Morgan fingerprint density at radius 3 is 2.67 bits per heavy atom. The Hall–Kier alpha value is -2.26. The summed E-state index contributed by atoms with van der Waals surface area (Å²) >= 11 is 1.82. The second-order valence-corrected chi connectivity index (χ2v) is 6.29. The van der Waals surface area contributed by atoms with Crippen LogP contribution in [0.2, 0.25) is 0 Å². The third-order valence-electron chi connectivity index (χ3n) is 3.83. The summed E-state index contributed by atoms with van der Waals surface area (Å²) in [5.41, 5.74) is 4.61. The van der Waals surface area contributed by atoms with E-state index in [2.05, 4.69) is 66.2 Å². The fraction of sp³-hybridized carbons (Fsp3) is 0.111. The Balaban J connectivity index is 2.09. The molecule has 2 heterocycles. The lowest BCUT2D eigenvalue weighted by molar-refractivity contribution is -0.629. The lowest BCUT2D eigenvalue weighted by Gasteiger charge is -2.02. The minimum Gasteiger partial charge on any atom is -0.252 e. The van der Waals surface area contributed by atoms with Crippen LogP contribution in [0.25, 0.3) is 31.7 Å². The minimum absolute atomic E-state index is 1.05. The molecule has 0 fully saturated rings. The molecule has 0 unspecified atom stereocenters. The van der Waals surface area contributed by atoms with E-state index in [0.29, 0.717) is 0 Å². The first-order chi connectivity index (χ1) is 10.2. The van der Waals surface area contributed by atoms with Crippen molar-refractivity contribution in [1.29, 1.82) is 0 Å². The number of para-hydroxylation sites is 2. The summed E-state index contributed by atoms with van der Waals surface area (Å²) in [5, 5.41) is 2.44. The minimum atomic E-state index is 1.05. The first-order valence-electron chi connectivity index (χ1n) is 6.98. The number of aromatic nitrogens is 2. The van der Waals surface area contributed by atoms with Crippen molar-refractivity contribution in [2.45, 2.75) is 6.92 Å². The van der Waals surface area contributed by atoms with Gasteiger partial charge in [0.15, 0.2) is 0 Å². The van der Waals surface area contributed by atoms with Gasteiger partial charge < -0.3 is 0 Å². The lowest BCUT2D eigenvalue weighted by Crippen LogP contribution is -2.28. The topological polar surface area (TPSA) is 16.8 Å². The van der Waals surface area contributed by atoms with Crippen molar-refractivity contribution in [3.05, 3.63) is 60.3 Å². The summed E-state index contributed by atoms with van der Waals surface area (Å²) in [6.45, 7) is 2.04. The molecule has 0 amide bonds. The molecule has 102 valence electrons. The monoisotopic (exact) mass is 291 g/mol. The van der Waals surface area contributed by atoms with E-state index in [0.717, 1.165) is 11.2 Å². The summed E-state index contributed by atoms with van der Waals surface area (Å²) in [6, 6.07) is 19.1. The maximum absolute atomic E-state index is 4.76. The molecular formula is C18H15N2S+. The molecule has 2 aromatic heterocycles. The predicted molar refractivity (Wildman–Crippen MR) is 88.5 cm³/mol. The van der Waals surface area contributed by atoms with Crippen molar-refractivity contribution < 1.29 is 4.57 Å². The van der Waals surface area contributed by atoms with Gasteiger partial charge in [-0.05, 0) is 25.1 Å². The van der Waals surface area contributed by atoms with Crippen LogP contribution in [0.4, 0.5) is 0 Å². The van der Waals surface area contributed by atoms with Crippen molar-refractivity contribution in [3.63, 3.8) is 0 Å². The lowest BCUT2D eigenvalue weighted by atomic mass is 10.1. The zero-order valence-corrected chi connectivity index (χ0v) is 12.8. The summed E-state index contributed by atoms with van der Waals surface area (Å²) in [6.07, 6.45) is 0. The molecule has 0 atom stereocenters. The van der Waals surface area contributed by atoms with Crippen LogP contribution in [-0.2, 0) is 7.05 Å². The van der Waals surface area contributed by atoms with Crippen LogP contribution in [0.1, 0.15) is 5.69 Å². The third-order valence-corrected chi connectivity index (χ3v) is 5.08. The van der Waals surface area contributed by atoms with Crippen LogP contribution in [0, 0.1) is 6.92 Å². The molecule has 0 spiro atoms. The molecule has 21 heavy (non-hydrogen) atoms. The number of benzene rings is 2. The van der Waals surface area contributed by atoms with E-state index in [-0.39, 0.29) is 0 Å². The maximum Gasteiger partial charge on any atom is 0.272 e. The summed E-state index contributed by atoms with van der Waals surface area (Å²) in [5.74, 6) is 0. The second-order valence-electron chi connectivity index (χ2n) is 5.26. The second kappa shape index (κ2) is 4.64. The quantitative estimate of drug-likeness (QED) is 0.479. The van der Waals surface area contributed by atoms with E-state index in [1.807, 2.05) is 18.3 Å². The molecule has 3 heteroatoms. The standard InChI is InChI=1S/C18H15N2S/c1-12-10-11-13-6-5-7-14(17(13)19-12)18-20(2)15-8-3-4-9-16(15)21-18/h3-11H,1-2H3/q+1. The van der Waals surface area contributed by atoms with Crippen LogP contribution in [-0.4, -0.2) is 4.98 Å². The maximum atomic E-state index is 4.76. The number of hydrogen-bond donors (Lipinski definition) is 0. The Bertz CT molecular complexity index is 969. The average Bonchev–Trinajstić information content (AvgIpc) is 2.84. The van der Waals surface area contributed by atoms with E-state index in [4.69, 9.17) is 4.98 Å². The zero-order valence-electron chi connectivity index (χ0n) is 12.0. The van der Waals surface area contributed by atoms with Gasteiger partial charge in [-0.1, -0.05) is 41.7 Å². The Morgan fingerprint density at radius 1 is 0.952 bits per heavy atom. The Morgan fingerprint density at radius 2 is 1.81 bits per heavy atom. The van der Waals surface area contributed by atoms with Gasteiger partial charge in [0.05, 0.1) is 11.1 Å². The van der Waals surface area contributed by atoms with Crippen molar-refractivity contribution in [3.8, 4) is 10.6 Å². The fourth-order valence-corrected chi connectivity index (χ4v) is 3.93. The largest absolute Gasteiger partial charge is 0.272 e. The number of hydrogen-bond acceptors (Lipinski definition) is 2. The van der Waals surface area contributed by atoms with Gasteiger partial charge in [-0.15, -0.1) is 0 Å². The van der Waals surface area contributed by atoms with Crippen molar-refractivity contribution >= 4 is 32.5 Å². The average molecular weight is 291 g/mol. The number of thiazole rings is 1. The van der Waals surface area contributed by atoms with Crippen molar-refractivity contribution in [1.82, 2.24) is 4.98 Å². The molecule has 0 aliphatic rings. The van der Waals surface area contributed by atoms with Gasteiger partial charge in [-0.25, -0.2) is 0 Å². The van der Waals surface area contributed by atoms with E-state index >= 15 is 0 Å². The highest BCUT2D eigenvalue weighted by Crippen LogP contribution is 2.32. The number of fused-ring (bicyclic) bond motifs is 2. The van der Waals surface area contributed by atoms with E-state index in [9.17, 15) is 0 Å². The molecule has 0 bridgehead atoms. The molecule has 2 aromatic carbocycles. The summed E-state index contributed by atoms with van der Waals surface area (Å²) in [4.78, 5) is 4.76. The van der Waals surface area contributed by atoms with Gasteiger partial charge in [0.25, 0.3) is 5.01 Å². The fourth-order valence-electron chi connectivity index (χ4n) is 2.76. The molecule has 4 aromatic rings. The number of nitrogens with zero attached hydrogens (tertiary/aromatic N) is 2. The summed E-state index contributed by atoms with van der Waals surface area (Å²) < 4.78 is 3.57. The Kier molecular flexibility index (Phi) is 2.76. The van der Waals surface area contributed by atoms with Crippen molar-refractivity contribution in [2.75, 3.05) is 0 Å². The molecule has 0 saturated carbocycles. The van der Waals surface area contributed by atoms with Gasteiger partial charge in [0.2, 0.25) is 5.52 Å². The van der Waals surface area contributed by atoms with E-state index in [1.54, 1.807) is 0 Å². The normalized spacial score (nSPS) is 11.3. The van der Waals surface area contributed by atoms with Gasteiger partial charge in [0, 0.05) is 17.1 Å². The highest BCUT2D eigenvalue weighted by Gasteiger charge is 2.20. The smallest absolute Gasteiger partial charge is 0.252 e. The molecule has 2 nitrogen and oxygen atoms in total. The summed E-state index contributed by atoms with van der Waals surface area (Å²) in [7, 11) is 2.13. The SMILES string of the molecule is Cc1ccc2cccc(-c3sc4ccccc4[n+]3C)c2n1. The third kappa shape index (κ3) is 1.93. The molecular weight excluding hydrogens is 276 g/mol. The molecule has 0 aliphatic heterocycles. The molecule has 0 aliphatic carbocycles. The Labute approximate surface area is 127 Å². The van der Waals surface area contributed by atoms with Gasteiger partial charge in [-0.2, -0.15) is 4.57 Å². The van der Waals surface area contributed by atoms with Gasteiger partial charge in [-0.3, -0.25) is 4.98 Å². The van der Waals surface area contributed by atoms with Crippen LogP contribution < -0.4 is 4.57 Å². The molecule has 0 saturated heterocycles. The molecule has 4 rings (SSSR count). The van der Waals surface area contributed by atoms with E-state index in [1.165, 1.54) is 26.2 Å². The van der Waals surface area contributed by atoms with Gasteiger partial charge >= 0.3 is 0 Å². The number of pyridine rings is 1. The highest BCUT2D eigenvalue weighted by atomic mass is 32.1. The predicted octanol–water partition coefficient (Wildman–Crippen LogP) is 4.25. The number of rotatable bonds is 1. The molecule has 0 N–H and O–H groups in total. The highest BCUT2D eigenvalue weighted by molar-refractivity contribution is 7.21. The van der Waals surface area contributed by atoms with Crippen LogP contribution in [0.15, 0.2) is 54.6 Å². The van der Waals surface area contributed by atoms with Gasteiger partial charge in [0.1, 0.15) is 11.7 Å². The first-order valence-corrected chi connectivity index (χ1v) is 7.80. The first kappa shape index (κ1) is 12.5. The zero-order chi connectivity index (χ0) is 14.4. The van der Waals surface area contributed by atoms with Crippen molar-refractivity contribution in [2.24, 2.45) is 7.05 Å². The van der Waals surface area contributed by atoms with Crippen LogP contribution in [0.3, 0.4) is 0 Å². The van der Waals surface area contributed by atoms with Crippen LogP contribution >= 0.6 is 11.3 Å².